The van der Waals surface area contributed by atoms with E-state index >= 15 is 0 Å². The molecule has 1 aromatic carbocycles. The van der Waals surface area contributed by atoms with Gasteiger partial charge in [0.15, 0.2) is 5.52 Å². The zero-order valence-electron chi connectivity index (χ0n) is 13.3. The number of hydrogen-bond donors (Lipinski definition) is 3. The summed E-state index contributed by atoms with van der Waals surface area (Å²) < 4.78 is 6.90. The lowest BCUT2D eigenvalue weighted by atomic mass is 10.1. The lowest BCUT2D eigenvalue weighted by Crippen LogP contribution is -2.38. The minimum absolute atomic E-state index is 0.436. The summed E-state index contributed by atoms with van der Waals surface area (Å²) in [5.74, 6) is 0. The number of benzene rings is 1. The third-order valence-corrected chi connectivity index (χ3v) is 4.07. The molecule has 25 heavy (non-hydrogen) atoms. The van der Waals surface area contributed by atoms with Crippen molar-refractivity contribution < 1.29 is 24.9 Å². The average molecular weight is 347 g/mol. The summed E-state index contributed by atoms with van der Waals surface area (Å²) in [5, 5.41) is 41.7. The summed E-state index contributed by atoms with van der Waals surface area (Å²) in [4.78, 5) is 6.32. The first-order chi connectivity index (χ1) is 12.1. The van der Waals surface area contributed by atoms with Crippen molar-refractivity contribution in [2.75, 3.05) is 6.61 Å². The normalized spacial score (nSPS) is 26.4. The molecule has 4 atom stereocenters. The molecule has 3 heterocycles. The molecule has 3 aromatic rings. The SMILES string of the molecule is Cc1nn(-c2ccccc2)c2nn(O[C@@H]3O[C@H](CO)[C@@H](O)[C@H]3O)nc12. The van der Waals surface area contributed by atoms with Gasteiger partial charge in [-0.2, -0.15) is 5.10 Å². The van der Waals surface area contributed by atoms with E-state index in [0.717, 1.165) is 10.6 Å². The number of fused-ring (bicyclic) bond motifs is 1. The van der Waals surface area contributed by atoms with Crippen molar-refractivity contribution in [1.29, 1.82) is 0 Å². The van der Waals surface area contributed by atoms with Gasteiger partial charge in [-0.05, 0) is 19.1 Å². The van der Waals surface area contributed by atoms with E-state index in [9.17, 15) is 10.2 Å². The van der Waals surface area contributed by atoms with E-state index in [1.165, 1.54) is 0 Å². The fraction of sp³-hybridized carbons (Fsp3) is 0.400. The molecule has 0 bridgehead atoms. The molecule has 1 aliphatic heterocycles. The Kier molecular flexibility index (Phi) is 3.88. The van der Waals surface area contributed by atoms with Gasteiger partial charge in [0, 0.05) is 4.96 Å². The molecule has 0 unspecified atom stereocenters. The number of aromatic nitrogens is 5. The van der Waals surface area contributed by atoms with Crippen LogP contribution >= 0.6 is 0 Å². The molecule has 10 nitrogen and oxygen atoms in total. The van der Waals surface area contributed by atoms with E-state index in [1.54, 1.807) is 11.6 Å². The molecule has 0 saturated carbocycles. The van der Waals surface area contributed by atoms with Crippen LogP contribution in [0.3, 0.4) is 0 Å². The third-order valence-electron chi connectivity index (χ3n) is 4.07. The number of aliphatic hydroxyl groups excluding tert-OH is 3. The van der Waals surface area contributed by atoms with E-state index < -0.39 is 31.2 Å². The fourth-order valence-corrected chi connectivity index (χ4v) is 2.74. The minimum Gasteiger partial charge on any atom is -0.394 e. The van der Waals surface area contributed by atoms with Crippen molar-refractivity contribution in [3.8, 4) is 5.69 Å². The van der Waals surface area contributed by atoms with Crippen molar-refractivity contribution in [1.82, 2.24) is 24.9 Å². The maximum absolute atomic E-state index is 9.94. The van der Waals surface area contributed by atoms with Gasteiger partial charge in [0.05, 0.1) is 18.0 Å². The Hall–Kier alpha value is -2.53. The quantitative estimate of drug-likeness (QED) is 0.537. The molecule has 10 heteroatoms. The average Bonchev–Trinajstić information content (AvgIpc) is 3.25. The maximum Gasteiger partial charge on any atom is 0.257 e. The van der Waals surface area contributed by atoms with Crippen molar-refractivity contribution in [3.63, 3.8) is 0 Å². The lowest BCUT2D eigenvalue weighted by molar-refractivity contribution is -0.186. The third kappa shape index (κ3) is 2.65. The van der Waals surface area contributed by atoms with Crippen LogP contribution < -0.4 is 4.84 Å². The summed E-state index contributed by atoms with van der Waals surface area (Å²) in [6.45, 7) is 1.36. The maximum atomic E-state index is 9.94. The molecule has 2 aromatic heterocycles. The molecule has 1 aliphatic rings. The molecule has 0 aliphatic carbocycles. The van der Waals surface area contributed by atoms with E-state index in [4.69, 9.17) is 14.7 Å². The Morgan fingerprint density at radius 1 is 1.12 bits per heavy atom. The molecule has 4 rings (SSSR count). The second kappa shape index (κ2) is 6.08. The summed E-state index contributed by atoms with van der Waals surface area (Å²) in [7, 11) is 0. The van der Waals surface area contributed by atoms with Crippen molar-refractivity contribution in [2.24, 2.45) is 0 Å². The van der Waals surface area contributed by atoms with Gasteiger partial charge in [-0.3, -0.25) is 0 Å². The van der Waals surface area contributed by atoms with Crippen LogP contribution in [0.15, 0.2) is 30.3 Å². The predicted octanol–water partition coefficient (Wildman–Crippen LogP) is -1.21. The number of rotatable bonds is 4. The smallest absolute Gasteiger partial charge is 0.257 e. The van der Waals surface area contributed by atoms with Gasteiger partial charge >= 0.3 is 0 Å². The van der Waals surface area contributed by atoms with Crippen LogP contribution in [0.5, 0.6) is 0 Å². The van der Waals surface area contributed by atoms with Crippen molar-refractivity contribution in [3.05, 3.63) is 36.0 Å². The van der Waals surface area contributed by atoms with Crippen LogP contribution in [0.2, 0.25) is 0 Å². The highest BCUT2D eigenvalue weighted by Crippen LogP contribution is 2.21. The largest absolute Gasteiger partial charge is 0.394 e. The first-order valence-corrected chi connectivity index (χ1v) is 7.76. The number of nitrogens with zero attached hydrogens (tertiary/aromatic N) is 5. The lowest BCUT2D eigenvalue weighted by Gasteiger charge is -2.14. The van der Waals surface area contributed by atoms with E-state index in [2.05, 4.69) is 15.3 Å². The topological polar surface area (TPSA) is 128 Å². The van der Waals surface area contributed by atoms with Gasteiger partial charge < -0.3 is 24.9 Å². The highest BCUT2D eigenvalue weighted by atomic mass is 16.8. The van der Waals surface area contributed by atoms with Gasteiger partial charge in [0.1, 0.15) is 18.3 Å². The highest BCUT2D eigenvalue weighted by molar-refractivity contribution is 5.74. The molecule has 132 valence electrons. The number of ether oxygens (including phenoxy) is 1. The monoisotopic (exact) mass is 347 g/mol. The van der Waals surface area contributed by atoms with Crippen LogP contribution in [-0.2, 0) is 4.74 Å². The van der Waals surface area contributed by atoms with Crippen LogP contribution in [-0.4, -0.2) is 71.5 Å². The Morgan fingerprint density at radius 2 is 1.88 bits per heavy atom. The van der Waals surface area contributed by atoms with E-state index in [-0.39, 0.29) is 0 Å². The summed E-state index contributed by atoms with van der Waals surface area (Å²) >= 11 is 0. The first-order valence-electron chi connectivity index (χ1n) is 7.76. The van der Waals surface area contributed by atoms with Crippen LogP contribution in [0.4, 0.5) is 0 Å². The minimum atomic E-state index is -1.32. The van der Waals surface area contributed by atoms with Gasteiger partial charge in [-0.1, -0.05) is 23.3 Å². The van der Waals surface area contributed by atoms with E-state index in [0.29, 0.717) is 16.9 Å². The van der Waals surface area contributed by atoms with E-state index in [1.807, 2.05) is 30.3 Å². The number of aliphatic hydroxyl groups is 3. The van der Waals surface area contributed by atoms with Crippen molar-refractivity contribution >= 4 is 11.2 Å². The fourth-order valence-electron chi connectivity index (χ4n) is 2.74. The van der Waals surface area contributed by atoms with Gasteiger partial charge in [0.2, 0.25) is 5.65 Å². The molecule has 0 radical (unpaired) electrons. The van der Waals surface area contributed by atoms with Gasteiger partial charge in [0.25, 0.3) is 6.29 Å². The number of para-hydroxylation sites is 1. The summed E-state index contributed by atoms with van der Waals surface area (Å²) in [6.07, 6.45) is -4.69. The van der Waals surface area contributed by atoms with Crippen LogP contribution in [0.1, 0.15) is 5.69 Å². The molecule has 0 amide bonds. The Bertz CT molecular complexity index is 879. The molecule has 0 spiro atoms. The van der Waals surface area contributed by atoms with Crippen molar-refractivity contribution in [2.45, 2.75) is 31.5 Å². The van der Waals surface area contributed by atoms with Gasteiger partial charge in [-0.25, -0.2) is 4.68 Å². The Morgan fingerprint density at radius 3 is 2.56 bits per heavy atom. The second-order valence-corrected chi connectivity index (χ2v) is 5.77. The summed E-state index contributed by atoms with van der Waals surface area (Å²) in [5.41, 5.74) is 2.50. The first kappa shape index (κ1) is 16.0. The molecular formula is C15H17N5O5. The molecular weight excluding hydrogens is 330 g/mol. The second-order valence-electron chi connectivity index (χ2n) is 5.77. The van der Waals surface area contributed by atoms with Gasteiger partial charge in [-0.15, -0.1) is 5.10 Å². The predicted molar refractivity (Wildman–Crippen MR) is 83.7 cm³/mol. The zero-order valence-corrected chi connectivity index (χ0v) is 13.3. The zero-order chi connectivity index (χ0) is 17.6. The van der Waals surface area contributed by atoms with Crippen LogP contribution in [0.25, 0.3) is 16.9 Å². The number of hydrogen-bond acceptors (Lipinski definition) is 8. The van der Waals surface area contributed by atoms with Crippen LogP contribution in [0, 0.1) is 6.92 Å². The molecule has 3 N–H and O–H groups in total. The number of aryl methyl sites for hydroxylation is 1. The highest BCUT2D eigenvalue weighted by Gasteiger charge is 2.44. The standard InChI is InChI=1S/C15H17N5O5/c1-8-11-14(19(16-8)9-5-3-2-4-6-9)18-20(17-11)25-15-13(23)12(22)10(7-21)24-15/h2-6,10,12-13,15,21-23H,7H2,1H3/t10-,12-,13-,15+/m1/s1. The summed E-state index contributed by atoms with van der Waals surface area (Å²) in [6, 6.07) is 9.45. The Balaban J connectivity index is 1.64. The molecule has 1 saturated heterocycles. The Labute approximate surface area is 141 Å². The molecule has 1 fully saturated rings.